The Morgan fingerprint density at radius 2 is 1.85 bits per heavy atom. The van der Waals surface area contributed by atoms with Crippen LogP contribution in [0.1, 0.15) is 36.8 Å². The van der Waals surface area contributed by atoms with Crippen molar-refractivity contribution >= 4 is 0 Å². The molecule has 1 aromatic carbocycles. The predicted molar refractivity (Wildman–Crippen MR) is 80.3 cm³/mol. The Labute approximate surface area is 121 Å². The van der Waals surface area contributed by atoms with E-state index < -0.39 is 0 Å². The largest absolute Gasteiger partial charge is 0.491 e. The number of fused-ring (bicyclic) bond motifs is 1. The van der Waals surface area contributed by atoms with Crippen molar-refractivity contribution in [3.63, 3.8) is 0 Å². The van der Waals surface area contributed by atoms with E-state index >= 15 is 0 Å². The van der Waals surface area contributed by atoms with Crippen molar-refractivity contribution in [3.8, 4) is 5.75 Å². The van der Waals surface area contributed by atoms with Gasteiger partial charge in [-0.15, -0.1) is 0 Å². The molecule has 0 spiro atoms. The summed E-state index contributed by atoms with van der Waals surface area (Å²) in [6.45, 7) is 3.38. The molecule has 1 aliphatic heterocycles. The number of β-amino-alcohol motifs (C(OH)–C–C–N with tert-alkyl or cyclic N) is 1. The monoisotopic (exact) mass is 275 g/mol. The van der Waals surface area contributed by atoms with Crippen molar-refractivity contribution in [3.05, 3.63) is 29.3 Å². The summed E-state index contributed by atoms with van der Waals surface area (Å²) < 4.78 is 5.76. The van der Waals surface area contributed by atoms with Gasteiger partial charge < -0.3 is 14.7 Å². The van der Waals surface area contributed by atoms with Crippen molar-refractivity contribution < 1.29 is 9.84 Å². The molecule has 1 heterocycles. The van der Waals surface area contributed by atoms with Crippen LogP contribution in [0.25, 0.3) is 0 Å². The Balaban J connectivity index is 1.46. The summed E-state index contributed by atoms with van der Waals surface area (Å²) in [5, 5.41) is 10.1. The van der Waals surface area contributed by atoms with Crippen LogP contribution in [0.2, 0.25) is 0 Å². The second-order valence-electron chi connectivity index (χ2n) is 6.11. The van der Waals surface area contributed by atoms with E-state index in [1.165, 1.54) is 49.7 Å². The van der Waals surface area contributed by atoms with Gasteiger partial charge in [0.25, 0.3) is 0 Å². The summed E-state index contributed by atoms with van der Waals surface area (Å²) in [7, 11) is 0. The van der Waals surface area contributed by atoms with Gasteiger partial charge in [0.1, 0.15) is 18.5 Å². The molecule has 0 radical (unpaired) electrons. The molecule has 1 aliphatic carbocycles. The topological polar surface area (TPSA) is 32.7 Å². The molecule has 1 atom stereocenters. The van der Waals surface area contributed by atoms with Crippen molar-refractivity contribution in [1.82, 2.24) is 4.90 Å². The first kappa shape index (κ1) is 13.9. The first-order valence-electron chi connectivity index (χ1n) is 7.96. The maximum absolute atomic E-state index is 10.1. The average Bonchev–Trinajstić information content (AvgIpc) is 2.93. The molecular weight excluding hydrogens is 250 g/mol. The van der Waals surface area contributed by atoms with E-state index in [1.54, 1.807) is 0 Å². The fourth-order valence-corrected chi connectivity index (χ4v) is 3.32. The number of aliphatic hydroxyl groups excluding tert-OH is 1. The average molecular weight is 275 g/mol. The van der Waals surface area contributed by atoms with E-state index in [9.17, 15) is 5.11 Å². The first-order chi connectivity index (χ1) is 9.81. The fraction of sp³-hybridized carbons (Fsp3) is 0.647. The lowest BCUT2D eigenvalue weighted by Crippen LogP contribution is -2.38. The van der Waals surface area contributed by atoms with E-state index in [-0.39, 0.29) is 6.10 Å². The van der Waals surface area contributed by atoms with Crippen LogP contribution in [-0.2, 0) is 12.8 Å². The summed E-state index contributed by atoms with van der Waals surface area (Å²) in [5.41, 5.74) is 2.89. The predicted octanol–water partition coefficient (Wildman–Crippen LogP) is 2.40. The molecule has 2 aliphatic rings. The van der Waals surface area contributed by atoms with Crippen LogP contribution in [0.4, 0.5) is 0 Å². The number of benzene rings is 1. The van der Waals surface area contributed by atoms with Crippen molar-refractivity contribution in [2.24, 2.45) is 0 Å². The van der Waals surface area contributed by atoms with Gasteiger partial charge in [-0.05, 0) is 68.5 Å². The molecule has 1 fully saturated rings. The lowest BCUT2D eigenvalue weighted by atomic mass is 10.1. The third-order valence-corrected chi connectivity index (χ3v) is 4.43. The molecule has 0 amide bonds. The molecule has 3 heteroatoms. The third-order valence-electron chi connectivity index (χ3n) is 4.43. The number of likely N-dealkylation sites (tertiary alicyclic amines) is 1. The van der Waals surface area contributed by atoms with Gasteiger partial charge >= 0.3 is 0 Å². The number of rotatable bonds is 5. The van der Waals surface area contributed by atoms with Gasteiger partial charge in [-0.25, -0.2) is 0 Å². The number of piperidine rings is 1. The van der Waals surface area contributed by atoms with E-state index in [4.69, 9.17) is 4.74 Å². The molecule has 0 saturated carbocycles. The zero-order valence-electron chi connectivity index (χ0n) is 12.2. The Hall–Kier alpha value is -1.06. The zero-order valence-corrected chi connectivity index (χ0v) is 12.2. The Bertz CT molecular complexity index is 441. The number of ether oxygens (including phenoxy) is 1. The highest BCUT2D eigenvalue weighted by atomic mass is 16.5. The summed E-state index contributed by atoms with van der Waals surface area (Å²) in [6.07, 6.45) is 7.10. The lowest BCUT2D eigenvalue weighted by Gasteiger charge is -2.28. The SMILES string of the molecule is OC(COc1ccc2c(c1)CCC2)CN1CCCCC1. The smallest absolute Gasteiger partial charge is 0.119 e. The Kier molecular flexibility index (Phi) is 4.58. The van der Waals surface area contributed by atoms with E-state index in [2.05, 4.69) is 17.0 Å². The van der Waals surface area contributed by atoms with E-state index in [0.717, 1.165) is 25.4 Å². The van der Waals surface area contributed by atoms with Crippen LogP contribution in [-0.4, -0.2) is 42.4 Å². The number of aliphatic hydroxyl groups is 1. The standard InChI is InChI=1S/C17H25NO2/c19-16(12-18-9-2-1-3-10-18)13-20-17-8-7-14-5-4-6-15(14)11-17/h7-8,11,16,19H,1-6,9-10,12-13H2. The highest BCUT2D eigenvalue weighted by Crippen LogP contribution is 2.26. The molecular formula is C17H25NO2. The molecule has 1 aromatic rings. The minimum absolute atomic E-state index is 0.388. The minimum Gasteiger partial charge on any atom is -0.491 e. The third kappa shape index (κ3) is 3.53. The van der Waals surface area contributed by atoms with Crippen LogP contribution in [0.15, 0.2) is 18.2 Å². The second-order valence-corrected chi connectivity index (χ2v) is 6.11. The van der Waals surface area contributed by atoms with E-state index in [0.29, 0.717) is 6.61 Å². The highest BCUT2D eigenvalue weighted by Gasteiger charge is 2.16. The fourth-order valence-electron chi connectivity index (χ4n) is 3.32. The maximum atomic E-state index is 10.1. The van der Waals surface area contributed by atoms with Crippen molar-refractivity contribution in [1.29, 1.82) is 0 Å². The number of nitrogens with zero attached hydrogens (tertiary/aromatic N) is 1. The van der Waals surface area contributed by atoms with Gasteiger partial charge in [0, 0.05) is 6.54 Å². The molecule has 3 nitrogen and oxygen atoms in total. The Morgan fingerprint density at radius 1 is 1.05 bits per heavy atom. The quantitative estimate of drug-likeness (QED) is 0.895. The molecule has 0 aromatic heterocycles. The van der Waals surface area contributed by atoms with Crippen molar-refractivity contribution in [2.45, 2.75) is 44.6 Å². The summed E-state index contributed by atoms with van der Waals surface area (Å²) in [4.78, 5) is 2.35. The van der Waals surface area contributed by atoms with Crippen LogP contribution < -0.4 is 4.74 Å². The number of hydrogen-bond donors (Lipinski definition) is 1. The summed E-state index contributed by atoms with van der Waals surface area (Å²) >= 11 is 0. The van der Waals surface area contributed by atoms with Gasteiger partial charge in [-0.2, -0.15) is 0 Å². The van der Waals surface area contributed by atoms with Gasteiger partial charge in [0.05, 0.1) is 0 Å². The molecule has 110 valence electrons. The zero-order chi connectivity index (χ0) is 13.8. The van der Waals surface area contributed by atoms with Crippen LogP contribution in [0.5, 0.6) is 5.75 Å². The van der Waals surface area contributed by atoms with Gasteiger partial charge in [-0.1, -0.05) is 12.5 Å². The molecule has 1 unspecified atom stereocenters. The van der Waals surface area contributed by atoms with Gasteiger partial charge in [-0.3, -0.25) is 0 Å². The molecule has 20 heavy (non-hydrogen) atoms. The lowest BCUT2D eigenvalue weighted by molar-refractivity contribution is 0.0617. The summed E-state index contributed by atoms with van der Waals surface area (Å²) in [6, 6.07) is 6.36. The van der Waals surface area contributed by atoms with Crippen LogP contribution in [0, 0.1) is 0 Å². The maximum Gasteiger partial charge on any atom is 0.119 e. The normalized spacial score (nSPS) is 20.6. The summed E-state index contributed by atoms with van der Waals surface area (Å²) in [5.74, 6) is 0.906. The van der Waals surface area contributed by atoms with E-state index in [1.807, 2.05) is 6.07 Å². The van der Waals surface area contributed by atoms with Gasteiger partial charge in [0.15, 0.2) is 0 Å². The Morgan fingerprint density at radius 3 is 2.70 bits per heavy atom. The van der Waals surface area contributed by atoms with Crippen molar-refractivity contribution in [2.75, 3.05) is 26.2 Å². The first-order valence-corrected chi connectivity index (χ1v) is 7.96. The molecule has 1 saturated heterocycles. The number of hydrogen-bond acceptors (Lipinski definition) is 3. The minimum atomic E-state index is -0.388. The van der Waals surface area contributed by atoms with Crippen LogP contribution in [0.3, 0.4) is 0 Å². The molecule has 0 bridgehead atoms. The molecule has 1 N–H and O–H groups in total. The second kappa shape index (κ2) is 6.59. The number of aryl methyl sites for hydroxylation is 2. The van der Waals surface area contributed by atoms with Gasteiger partial charge in [0.2, 0.25) is 0 Å². The highest BCUT2D eigenvalue weighted by molar-refractivity contribution is 5.38. The van der Waals surface area contributed by atoms with Crippen LogP contribution >= 0.6 is 0 Å². The molecule has 3 rings (SSSR count).